The molecule has 8 heteroatoms. The highest BCUT2D eigenvalue weighted by Crippen LogP contribution is 2.29. The van der Waals surface area contributed by atoms with Crippen molar-refractivity contribution in [2.24, 2.45) is 0 Å². The molecule has 0 bridgehead atoms. The van der Waals surface area contributed by atoms with E-state index in [1.165, 1.54) is 9.21 Å². The van der Waals surface area contributed by atoms with Crippen LogP contribution in [0.1, 0.15) is 63.5 Å². The van der Waals surface area contributed by atoms with E-state index >= 15 is 0 Å². The van der Waals surface area contributed by atoms with Crippen molar-refractivity contribution in [2.45, 2.75) is 70.9 Å². The van der Waals surface area contributed by atoms with Crippen molar-refractivity contribution in [1.82, 2.24) is 10.2 Å². The normalized spacial score (nSPS) is 15.0. The van der Waals surface area contributed by atoms with Gasteiger partial charge in [0.1, 0.15) is 12.6 Å². The van der Waals surface area contributed by atoms with Crippen LogP contribution in [0, 0.1) is 0 Å². The van der Waals surface area contributed by atoms with Gasteiger partial charge >= 0.3 is 0 Å². The first-order chi connectivity index (χ1) is 17.1. The van der Waals surface area contributed by atoms with Crippen LogP contribution < -0.4 is 9.62 Å². The van der Waals surface area contributed by atoms with Crippen molar-refractivity contribution >= 4 is 27.5 Å². The van der Waals surface area contributed by atoms with Crippen molar-refractivity contribution in [3.05, 3.63) is 65.7 Å². The second kappa shape index (κ2) is 12.4. The number of carbonyl (C=O) groups excluding carboxylic acids is 2. The Morgan fingerprint density at radius 2 is 1.58 bits per heavy atom. The molecule has 2 aromatic carbocycles. The summed E-state index contributed by atoms with van der Waals surface area (Å²) in [5.74, 6) is -0.522. The zero-order valence-corrected chi connectivity index (χ0v) is 22.6. The number of nitrogens with zero attached hydrogens (tertiary/aromatic N) is 2. The summed E-state index contributed by atoms with van der Waals surface area (Å²) in [6.07, 6.45) is 5.76. The molecule has 0 aromatic heterocycles. The van der Waals surface area contributed by atoms with Crippen LogP contribution >= 0.6 is 0 Å². The van der Waals surface area contributed by atoms with E-state index in [2.05, 4.69) is 5.32 Å². The Hall–Kier alpha value is -2.87. The van der Waals surface area contributed by atoms with Crippen molar-refractivity contribution in [3.8, 4) is 0 Å². The van der Waals surface area contributed by atoms with Crippen LogP contribution in [0.15, 0.2) is 54.6 Å². The summed E-state index contributed by atoms with van der Waals surface area (Å²) >= 11 is 0. The Labute approximate surface area is 215 Å². The standard InChI is InChI=1S/C28H39N3O4S/c1-21(2)25-16-10-11-17-26(25)31(36(4,34)35)20-27(32)30(19-18-23-12-6-5-7-13-23)22(3)28(33)29-24-14-8-9-15-24/h5-7,10-13,16-17,21-22,24H,8-9,14-15,18-20H2,1-4H3,(H,29,33)/t22-/m1/s1. The lowest BCUT2D eigenvalue weighted by atomic mass is 10.0. The molecule has 1 fully saturated rings. The molecule has 1 aliphatic carbocycles. The fourth-order valence-corrected chi connectivity index (χ4v) is 5.63. The van der Waals surface area contributed by atoms with Gasteiger partial charge in [0, 0.05) is 12.6 Å². The smallest absolute Gasteiger partial charge is 0.244 e. The van der Waals surface area contributed by atoms with Gasteiger partial charge in [-0.25, -0.2) is 8.42 Å². The van der Waals surface area contributed by atoms with Gasteiger partial charge in [-0.15, -0.1) is 0 Å². The average Bonchev–Trinajstić information content (AvgIpc) is 3.35. The number of hydrogen-bond donors (Lipinski definition) is 1. The molecule has 1 atom stereocenters. The summed E-state index contributed by atoms with van der Waals surface area (Å²) in [5.41, 5.74) is 2.39. The lowest BCUT2D eigenvalue weighted by molar-refractivity contribution is -0.139. The van der Waals surface area contributed by atoms with E-state index in [0.29, 0.717) is 18.7 Å². The van der Waals surface area contributed by atoms with Gasteiger partial charge in [-0.05, 0) is 49.3 Å². The summed E-state index contributed by atoms with van der Waals surface area (Å²) in [4.78, 5) is 28.3. The Kier molecular flexibility index (Phi) is 9.54. The van der Waals surface area contributed by atoms with Gasteiger partial charge in [-0.3, -0.25) is 13.9 Å². The Bertz CT molecular complexity index is 1130. The molecule has 1 saturated carbocycles. The first kappa shape index (κ1) is 27.7. The maximum Gasteiger partial charge on any atom is 0.244 e. The summed E-state index contributed by atoms with van der Waals surface area (Å²) in [7, 11) is -3.75. The van der Waals surface area contributed by atoms with Crippen molar-refractivity contribution < 1.29 is 18.0 Å². The van der Waals surface area contributed by atoms with Gasteiger partial charge in [0.15, 0.2) is 0 Å². The van der Waals surface area contributed by atoms with Gasteiger partial charge < -0.3 is 10.2 Å². The molecule has 2 amide bonds. The minimum absolute atomic E-state index is 0.0749. The number of anilines is 1. The molecule has 0 spiro atoms. The third kappa shape index (κ3) is 7.32. The quantitative estimate of drug-likeness (QED) is 0.490. The number of sulfonamides is 1. The maximum atomic E-state index is 13.7. The zero-order valence-electron chi connectivity index (χ0n) is 21.8. The fraction of sp³-hybridized carbons (Fsp3) is 0.500. The van der Waals surface area contributed by atoms with Gasteiger partial charge in [-0.1, -0.05) is 75.2 Å². The van der Waals surface area contributed by atoms with Gasteiger partial charge in [0.25, 0.3) is 0 Å². The number of benzene rings is 2. The number of carbonyl (C=O) groups is 2. The Morgan fingerprint density at radius 1 is 0.972 bits per heavy atom. The highest BCUT2D eigenvalue weighted by Gasteiger charge is 2.31. The first-order valence-electron chi connectivity index (χ1n) is 12.8. The highest BCUT2D eigenvalue weighted by molar-refractivity contribution is 7.92. The summed E-state index contributed by atoms with van der Waals surface area (Å²) in [6, 6.07) is 16.4. The molecule has 0 heterocycles. The topological polar surface area (TPSA) is 86.8 Å². The highest BCUT2D eigenvalue weighted by atomic mass is 32.2. The SMILES string of the molecule is CC(C)c1ccccc1N(CC(=O)N(CCc1ccccc1)[C@H](C)C(=O)NC1CCCC1)S(C)(=O)=O. The molecule has 1 aliphatic rings. The molecule has 196 valence electrons. The third-order valence-electron chi connectivity index (χ3n) is 6.86. The van der Waals surface area contributed by atoms with Crippen LogP contribution in [0.4, 0.5) is 5.69 Å². The minimum atomic E-state index is -3.75. The van der Waals surface area contributed by atoms with Crippen LogP contribution in [0.2, 0.25) is 0 Å². The van der Waals surface area contributed by atoms with E-state index in [9.17, 15) is 18.0 Å². The molecule has 0 aliphatic heterocycles. The van der Waals surface area contributed by atoms with Crippen LogP contribution in [0.25, 0.3) is 0 Å². The van der Waals surface area contributed by atoms with Crippen LogP contribution in [0.5, 0.6) is 0 Å². The second-order valence-corrected chi connectivity index (χ2v) is 11.9. The summed E-state index contributed by atoms with van der Waals surface area (Å²) in [6.45, 7) is 5.65. The van der Waals surface area contributed by atoms with E-state index in [1.54, 1.807) is 19.1 Å². The molecule has 2 aromatic rings. The molecular formula is C28H39N3O4S. The maximum absolute atomic E-state index is 13.7. The molecule has 3 rings (SSSR count). The molecule has 1 N–H and O–H groups in total. The van der Waals surface area contributed by atoms with E-state index in [-0.39, 0.29) is 24.4 Å². The van der Waals surface area contributed by atoms with E-state index in [0.717, 1.165) is 43.1 Å². The fourth-order valence-electron chi connectivity index (χ4n) is 4.76. The van der Waals surface area contributed by atoms with Gasteiger partial charge in [0.05, 0.1) is 11.9 Å². The monoisotopic (exact) mass is 513 g/mol. The predicted octanol–water partition coefficient (Wildman–Crippen LogP) is 4.09. The lowest BCUT2D eigenvalue weighted by Crippen LogP contribution is -2.53. The predicted molar refractivity (Wildman–Crippen MR) is 144 cm³/mol. The van der Waals surface area contributed by atoms with Crippen LogP contribution in [-0.4, -0.2) is 56.6 Å². The van der Waals surface area contributed by atoms with Gasteiger partial charge in [0.2, 0.25) is 21.8 Å². The average molecular weight is 514 g/mol. The zero-order chi connectivity index (χ0) is 26.3. The van der Waals surface area contributed by atoms with Crippen LogP contribution in [-0.2, 0) is 26.0 Å². The molecule has 36 heavy (non-hydrogen) atoms. The summed E-state index contributed by atoms with van der Waals surface area (Å²) < 4.78 is 26.9. The Balaban J connectivity index is 1.87. The molecule has 0 unspecified atom stereocenters. The summed E-state index contributed by atoms with van der Waals surface area (Å²) in [5, 5.41) is 3.09. The van der Waals surface area contributed by atoms with E-state index in [1.807, 2.05) is 56.3 Å². The first-order valence-corrected chi connectivity index (χ1v) is 14.6. The van der Waals surface area contributed by atoms with Crippen molar-refractivity contribution in [3.63, 3.8) is 0 Å². The number of amides is 2. The van der Waals surface area contributed by atoms with Crippen molar-refractivity contribution in [1.29, 1.82) is 0 Å². The van der Waals surface area contributed by atoms with E-state index < -0.39 is 22.0 Å². The Morgan fingerprint density at radius 3 is 2.19 bits per heavy atom. The number of nitrogens with one attached hydrogen (secondary N) is 1. The largest absolute Gasteiger partial charge is 0.352 e. The van der Waals surface area contributed by atoms with Crippen LogP contribution in [0.3, 0.4) is 0 Å². The molecular weight excluding hydrogens is 474 g/mol. The second-order valence-electron chi connectivity index (χ2n) is 9.97. The molecule has 0 saturated heterocycles. The van der Waals surface area contributed by atoms with Gasteiger partial charge in [-0.2, -0.15) is 0 Å². The number of rotatable bonds is 11. The number of para-hydroxylation sites is 1. The van der Waals surface area contributed by atoms with Crippen molar-refractivity contribution in [2.75, 3.05) is 23.7 Å². The van der Waals surface area contributed by atoms with E-state index in [4.69, 9.17) is 0 Å². The molecule has 7 nitrogen and oxygen atoms in total. The molecule has 0 radical (unpaired) electrons. The third-order valence-corrected chi connectivity index (χ3v) is 7.99. The minimum Gasteiger partial charge on any atom is -0.352 e. The lowest BCUT2D eigenvalue weighted by Gasteiger charge is -2.32. The number of hydrogen-bond acceptors (Lipinski definition) is 4.